The second-order valence-corrected chi connectivity index (χ2v) is 3.83. The monoisotopic (exact) mass is 243 g/mol. The van der Waals surface area contributed by atoms with E-state index in [1.54, 1.807) is 0 Å². The molecule has 5 heteroatoms. The van der Waals surface area contributed by atoms with Gasteiger partial charge in [-0.05, 0) is 24.6 Å². The third-order valence-corrected chi connectivity index (χ3v) is 2.57. The quantitative estimate of drug-likeness (QED) is 0.752. The molecule has 0 saturated carbocycles. The van der Waals surface area contributed by atoms with Crippen molar-refractivity contribution in [3.05, 3.63) is 28.8 Å². The molecular weight excluding hydrogens is 230 g/mol. The summed E-state index contributed by atoms with van der Waals surface area (Å²) in [5.41, 5.74) is 0.202. The minimum Gasteiger partial charge on any atom is -0.508 e. The fourth-order valence-corrected chi connectivity index (χ4v) is 1.43. The van der Waals surface area contributed by atoms with Crippen LogP contribution in [-0.4, -0.2) is 28.8 Å². The minimum absolute atomic E-state index is 0.0217. The van der Waals surface area contributed by atoms with Crippen molar-refractivity contribution in [2.45, 2.75) is 19.4 Å². The molecule has 0 aliphatic rings. The number of benzene rings is 1. The Kier molecular flexibility index (Phi) is 4.58. The molecule has 16 heavy (non-hydrogen) atoms. The number of carbonyl (C=O) groups is 1. The number of nitrogens with one attached hydrogen (secondary N) is 1. The third-order valence-electron chi connectivity index (χ3n) is 2.24. The molecule has 0 aliphatic carbocycles. The summed E-state index contributed by atoms with van der Waals surface area (Å²) < 4.78 is 0. The molecule has 1 aromatic rings. The van der Waals surface area contributed by atoms with Gasteiger partial charge in [0, 0.05) is 0 Å². The van der Waals surface area contributed by atoms with Crippen molar-refractivity contribution >= 4 is 17.5 Å². The van der Waals surface area contributed by atoms with Crippen LogP contribution < -0.4 is 5.32 Å². The Morgan fingerprint density at radius 3 is 2.81 bits per heavy atom. The van der Waals surface area contributed by atoms with E-state index in [0.717, 1.165) is 0 Å². The summed E-state index contributed by atoms with van der Waals surface area (Å²) in [4.78, 5) is 11.7. The highest BCUT2D eigenvalue weighted by Crippen LogP contribution is 2.21. The van der Waals surface area contributed by atoms with Gasteiger partial charge in [-0.15, -0.1) is 0 Å². The molecule has 0 unspecified atom stereocenters. The van der Waals surface area contributed by atoms with Gasteiger partial charge in [0.05, 0.1) is 23.2 Å². The largest absolute Gasteiger partial charge is 0.508 e. The Balaban J connectivity index is 2.83. The average molecular weight is 244 g/mol. The second kappa shape index (κ2) is 5.72. The van der Waals surface area contributed by atoms with E-state index in [2.05, 4.69) is 5.32 Å². The number of aromatic hydroxyl groups is 1. The number of phenolic OH excluding ortho intramolecular Hbond substituents is 1. The van der Waals surface area contributed by atoms with Crippen LogP contribution in [0.15, 0.2) is 18.2 Å². The lowest BCUT2D eigenvalue weighted by molar-refractivity contribution is 0.0914. The van der Waals surface area contributed by atoms with Gasteiger partial charge in [-0.3, -0.25) is 4.79 Å². The van der Waals surface area contributed by atoms with Crippen molar-refractivity contribution < 1.29 is 15.0 Å². The number of hydrogen-bond acceptors (Lipinski definition) is 3. The summed E-state index contributed by atoms with van der Waals surface area (Å²) in [5, 5.41) is 21.1. The standard InChI is InChI=1S/C11H14ClNO3/c1-2-7(6-14)13-11(16)9-5-8(15)3-4-10(9)12/h3-5,7,14-15H,2,6H2,1H3,(H,13,16)/t7-/m1/s1. The molecule has 88 valence electrons. The number of aliphatic hydroxyl groups excluding tert-OH is 1. The Bertz CT molecular complexity index is 377. The zero-order valence-electron chi connectivity index (χ0n) is 8.90. The SMILES string of the molecule is CC[C@H](CO)NC(=O)c1cc(O)ccc1Cl. The highest BCUT2D eigenvalue weighted by Gasteiger charge is 2.14. The Hall–Kier alpha value is -1.26. The number of amides is 1. The summed E-state index contributed by atoms with van der Waals surface area (Å²) in [6.45, 7) is 1.73. The zero-order valence-corrected chi connectivity index (χ0v) is 9.66. The fraction of sp³-hybridized carbons (Fsp3) is 0.364. The normalized spacial score (nSPS) is 12.2. The van der Waals surface area contributed by atoms with Gasteiger partial charge >= 0.3 is 0 Å². The molecule has 0 aromatic heterocycles. The first-order valence-electron chi connectivity index (χ1n) is 4.98. The molecule has 1 amide bonds. The van der Waals surface area contributed by atoms with Crippen LogP contribution in [0.1, 0.15) is 23.7 Å². The summed E-state index contributed by atoms with van der Waals surface area (Å²) in [7, 11) is 0. The smallest absolute Gasteiger partial charge is 0.253 e. The van der Waals surface area contributed by atoms with Crippen LogP contribution >= 0.6 is 11.6 Å². The van der Waals surface area contributed by atoms with Crippen LogP contribution in [0, 0.1) is 0 Å². The van der Waals surface area contributed by atoms with Crippen LogP contribution in [0.5, 0.6) is 5.75 Å². The van der Waals surface area contributed by atoms with Gasteiger partial charge in [-0.25, -0.2) is 0 Å². The topological polar surface area (TPSA) is 69.6 Å². The molecule has 0 heterocycles. The second-order valence-electron chi connectivity index (χ2n) is 3.43. The van der Waals surface area contributed by atoms with Gasteiger partial charge < -0.3 is 15.5 Å². The van der Waals surface area contributed by atoms with E-state index < -0.39 is 5.91 Å². The van der Waals surface area contributed by atoms with Gasteiger partial charge in [0.1, 0.15) is 5.75 Å². The average Bonchev–Trinajstić information content (AvgIpc) is 2.28. The Morgan fingerprint density at radius 2 is 2.25 bits per heavy atom. The number of phenols is 1. The lowest BCUT2D eigenvalue weighted by Crippen LogP contribution is -2.37. The molecule has 1 atom stereocenters. The van der Waals surface area contributed by atoms with Gasteiger partial charge in [0.25, 0.3) is 5.91 Å². The number of carbonyl (C=O) groups excluding carboxylic acids is 1. The predicted molar refractivity (Wildman–Crippen MR) is 61.7 cm³/mol. The van der Waals surface area contributed by atoms with Gasteiger partial charge in [-0.2, -0.15) is 0 Å². The summed E-state index contributed by atoms with van der Waals surface area (Å²) in [6.07, 6.45) is 0.624. The van der Waals surface area contributed by atoms with E-state index >= 15 is 0 Å². The number of aliphatic hydroxyl groups is 1. The number of halogens is 1. The van der Waals surface area contributed by atoms with E-state index in [9.17, 15) is 9.90 Å². The fourth-order valence-electron chi connectivity index (χ4n) is 1.23. The van der Waals surface area contributed by atoms with Crippen molar-refractivity contribution in [2.24, 2.45) is 0 Å². The number of rotatable bonds is 4. The van der Waals surface area contributed by atoms with Crippen LogP contribution in [0.3, 0.4) is 0 Å². The molecule has 1 rings (SSSR count). The predicted octanol–water partition coefficient (Wildman–Crippen LogP) is 1.55. The lowest BCUT2D eigenvalue weighted by Gasteiger charge is -2.14. The molecule has 0 fully saturated rings. The first-order chi connectivity index (χ1) is 7.58. The molecule has 0 spiro atoms. The lowest BCUT2D eigenvalue weighted by atomic mass is 10.1. The number of hydrogen-bond donors (Lipinski definition) is 3. The van der Waals surface area contributed by atoms with Crippen molar-refractivity contribution in [2.75, 3.05) is 6.61 Å². The van der Waals surface area contributed by atoms with E-state index in [4.69, 9.17) is 16.7 Å². The molecule has 0 radical (unpaired) electrons. The molecule has 0 bridgehead atoms. The maximum Gasteiger partial charge on any atom is 0.253 e. The Morgan fingerprint density at radius 1 is 1.56 bits per heavy atom. The summed E-state index contributed by atoms with van der Waals surface area (Å²) in [6, 6.07) is 3.85. The first kappa shape index (κ1) is 12.8. The van der Waals surface area contributed by atoms with Crippen LogP contribution in [0.2, 0.25) is 5.02 Å². The van der Waals surface area contributed by atoms with Gasteiger partial charge in [0.15, 0.2) is 0 Å². The van der Waals surface area contributed by atoms with Crippen molar-refractivity contribution in [1.29, 1.82) is 0 Å². The van der Waals surface area contributed by atoms with E-state index in [1.807, 2.05) is 6.92 Å². The van der Waals surface area contributed by atoms with Gasteiger partial charge in [-0.1, -0.05) is 18.5 Å². The maximum absolute atomic E-state index is 11.7. The van der Waals surface area contributed by atoms with Crippen molar-refractivity contribution in [3.63, 3.8) is 0 Å². The molecule has 0 aliphatic heterocycles. The molecule has 1 aromatic carbocycles. The third kappa shape index (κ3) is 3.12. The first-order valence-corrected chi connectivity index (χ1v) is 5.36. The molecule has 3 N–H and O–H groups in total. The van der Waals surface area contributed by atoms with Crippen LogP contribution in [0.25, 0.3) is 0 Å². The van der Waals surface area contributed by atoms with E-state index in [0.29, 0.717) is 6.42 Å². The molecule has 0 saturated heterocycles. The minimum atomic E-state index is -0.401. The summed E-state index contributed by atoms with van der Waals surface area (Å²) >= 11 is 5.83. The van der Waals surface area contributed by atoms with E-state index in [1.165, 1.54) is 18.2 Å². The van der Waals surface area contributed by atoms with Crippen LogP contribution in [0.4, 0.5) is 0 Å². The van der Waals surface area contributed by atoms with Gasteiger partial charge in [0.2, 0.25) is 0 Å². The van der Waals surface area contributed by atoms with Crippen molar-refractivity contribution in [3.8, 4) is 5.75 Å². The molecule has 4 nitrogen and oxygen atoms in total. The summed E-state index contributed by atoms with van der Waals surface area (Å²) in [5.74, 6) is -0.423. The zero-order chi connectivity index (χ0) is 12.1. The maximum atomic E-state index is 11.7. The van der Waals surface area contributed by atoms with Crippen molar-refractivity contribution in [1.82, 2.24) is 5.32 Å². The Labute approximate surface area is 98.9 Å². The molecular formula is C11H14ClNO3. The van der Waals surface area contributed by atoms with E-state index in [-0.39, 0.29) is 29.0 Å². The highest BCUT2D eigenvalue weighted by molar-refractivity contribution is 6.33. The highest BCUT2D eigenvalue weighted by atomic mass is 35.5. The van der Waals surface area contributed by atoms with Crippen LogP contribution in [-0.2, 0) is 0 Å².